The van der Waals surface area contributed by atoms with Crippen molar-refractivity contribution in [2.75, 3.05) is 33.5 Å². The Morgan fingerprint density at radius 1 is 1.39 bits per heavy atom. The Morgan fingerprint density at radius 3 is 2.87 bits per heavy atom. The van der Waals surface area contributed by atoms with E-state index in [-0.39, 0.29) is 18.4 Å². The van der Waals surface area contributed by atoms with Gasteiger partial charge in [-0.25, -0.2) is 0 Å². The lowest BCUT2D eigenvalue weighted by Crippen LogP contribution is -2.34. The third-order valence-corrected chi connectivity index (χ3v) is 3.98. The van der Waals surface area contributed by atoms with Gasteiger partial charge in [0.25, 0.3) is 5.91 Å². The molecule has 0 unspecified atom stereocenters. The average Bonchev–Trinajstić information content (AvgIpc) is 2.61. The molecule has 6 nitrogen and oxygen atoms in total. The lowest BCUT2D eigenvalue weighted by molar-refractivity contribution is -0.123. The summed E-state index contributed by atoms with van der Waals surface area (Å²) in [5.41, 5.74) is 0. The lowest BCUT2D eigenvalue weighted by atomic mass is 9.92. The molecule has 0 aromatic heterocycles. The maximum absolute atomic E-state index is 11.8. The van der Waals surface area contributed by atoms with Gasteiger partial charge in [0, 0.05) is 25.8 Å². The molecule has 2 rings (SSSR count). The van der Waals surface area contributed by atoms with Crippen LogP contribution in [0, 0.1) is 5.92 Å². The molecule has 1 heterocycles. The van der Waals surface area contributed by atoms with Gasteiger partial charge in [-0.1, -0.05) is 6.07 Å². The number of benzene rings is 1. The minimum atomic E-state index is -0.390. The van der Waals surface area contributed by atoms with Crippen molar-refractivity contribution in [3.05, 3.63) is 24.3 Å². The SMILES string of the molecule is COc1cccc(OCC(=O)NCC[C@H](O)C2CCOCC2)c1. The van der Waals surface area contributed by atoms with Crippen molar-refractivity contribution in [3.63, 3.8) is 0 Å². The first-order valence-corrected chi connectivity index (χ1v) is 7.98. The molecule has 1 amide bonds. The predicted molar refractivity (Wildman–Crippen MR) is 85.7 cm³/mol. The lowest BCUT2D eigenvalue weighted by Gasteiger charge is -2.26. The summed E-state index contributed by atoms with van der Waals surface area (Å²) in [6, 6.07) is 7.10. The van der Waals surface area contributed by atoms with E-state index in [2.05, 4.69) is 5.32 Å². The van der Waals surface area contributed by atoms with E-state index in [0.717, 1.165) is 12.8 Å². The van der Waals surface area contributed by atoms with Crippen molar-refractivity contribution in [1.82, 2.24) is 5.32 Å². The number of amides is 1. The van der Waals surface area contributed by atoms with Crippen LogP contribution < -0.4 is 14.8 Å². The summed E-state index contributed by atoms with van der Waals surface area (Å²) >= 11 is 0. The topological polar surface area (TPSA) is 77.0 Å². The number of carbonyl (C=O) groups excluding carboxylic acids is 1. The van der Waals surface area contributed by atoms with Crippen LogP contribution in [0.1, 0.15) is 19.3 Å². The highest BCUT2D eigenvalue weighted by Gasteiger charge is 2.21. The summed E-state index contributed by atoms with van der Waals surface area (Å²) in [5, 5.41) is 12.9. The van der Waals surface area contributed by atoms with Crippen LogP contribution >= 0.6 is 0 Å². The molecule has 0 radical (unpaired) electrons. The van der Waals surface area contributed by atoms with Gasteiger partial charge >= 0.3 is 0 Å². The standard InChI is InChI=1S/C17H25NO5/c1-21-14-3-2-4-15(11-14)23-12-17(20)18-8-5-16(19)13-6-9-22-10-7-13/h2-4,11,13,16,19H,5-10,12H2,1H3,(H,18,20)/t16-/m0/s1. The molecule has 1 atom stereocenters. The maximum atomic E-state index is 11.8. The normalized spacial score (nSPS) is 16.6. The summed E-state index contributed by atoms with van der Waals surface area (Å²) in [5.74, 6) is 1.34. The molecule has 0 aliphatic carbocycles. The van der Waals surface area contributed by atoms with E-state index >= 15 is 0 Å². The van der Waals surface area contributed by atoms with Crippen LogP contribution in [0.3, 0.4) is 0 Å². The third-order valence-electron chi connectivity index (χ3n) is 3.98. The Labute approximate surface area is 136 Å². The van der Waals surface area contributed by atoms with E-state index in [9.17, 15) is 9.90 Å². The Morgan fingerprint density at radius 2 is 2.13 bits per heavy atom. The molecule has 1 aromatic carbocycles. The summed E-state index contributed by atoms with van der Waals surface area (Å²) in [7, 11) is 1.58. The van der Waals surface area contributed by atoms with Crippen LogP contribution in [0.2, 0.25) is 0 Å². The highest BCUT2D eigenvalue weighted by atomic mass is 16.5. The first kappa shape index (κ1) is 17.6. The van der Waals surface area contributed by atoms with Gasteiger partial charge in [-0.15, -0.1) is 0 Å². The number of methoxy groups -OCH3 is 1. The molecular formula is C17H25NO5. The molecule has 1 aliphatic heterocycles. The molecule has 0 saturated carbocycles. The number of carbonyl (C=O) groups is 1. The zero-order valence-corrected chi connectivity index (χ0v) is 13.5. The number of hydrogen-bond acceptors (Lipinski definition) is 5. The first-order chi connectivity index (χ1) is 11.2. The largest absolute Gasteiger partial charge is 0.497 e. The Bertz CT molecular complexity index is 488. The average molecular weight is 323 g/mol. The van der Waals surface area contributed by atoms with Gasteiger partial charge in [0.05, 0.1) is 13.2 Å². The van der Waals surface area contributed by atoms with E-state index in [1.54, 1.807) is 25.3 Å². The molecule has 2 N–H and O–H groups in total. The number of nitrogens with one attached hydrogen (secondary N) is 1. The Hall–Kier alpha value is -1.79. The fourth-order valence-electron chi connectivity index (χ4n) is 2.59. The smallest absolute Gasteiger partial charge is 0.257 e. The zero-order valence-electron chi connectivity index (χ0n) is 13.5. The quantitative estimate of drug-likeness (QED) is 0.755. The Kier molecular flexibility index (Phi) is 7.16. The Balaban J connectivity index is 1.62. The van der Waals surface area contributed by atoms with Crippen molar-refractivity contribution in [2.24, 2.45) is 5.92 Å². The maximum Gasteiger partial charge on any atom is 0.257 e. The molecule has 1 saturated heterocycles. The molecule has 1 aromatic rings. The second-order valence-corrected chi connectivity index (χ2v) is 5.62. The van der Waals surface area contributed by atoms with Crippen LogP contribution in [-0.2, 0) is 9.53 Å². The minimum absolute atomic E-state index is 0.0550. The molecule has 1 fully saturated rings. The van der Waals surface area contributed by atoms with Gasteiger partial charge in [0.15, 0.2) is 6.61 Å². The number of hydrogen-bond donors (Lipinski definition) is 2. The van der Waals surface area contributed by atoms with Crippen LogP contribution in [0.25, 0.3) is 0 Å². The van der Waals surface area contributed by atoms with Crippen LogP contribution in [0.5, 0.6) is 11.5 Å². The van der Waals surface area contributed by atoms with Crippen LogP contribution in [0.15, 0.2) is 24.3 Å². The van der Waals surface area contributed by atoms with Crippen molar-refractivity contribution in [2.45, 2.75) is 25.4 Å². The molecule has 23 heavy (non-hydrogen) atoms. The molecule has 0 bridgehead atoms. The van der Waals surface area contributed by atoms with Gasteiger partial charge in [0.2, 0.25) is 0 Å². The molecule has 1 aliphatic rings. The number of rotatable bonds is 8. The van der Waals surface area contributed by atoms with E-state index in [4.69, 9.17) is 14.2 Å². The molecule has 6 heteroatoms. The second kappa shape index (κ2) is 9.37. The minimum Gasteiger partial charge on any atom is -0.497 e. The van der Waals surface area contributed by atoms with Gasteiger partial charge in [-0.05, 0) is 37.3 Å². The van der Waals surface area contributed by atoms with Crippen molar-refractivity contribution in [3.8, 4) is 11.5 Å². The van der Waals surface area contributed by atoms with Gasteiger partial charge in [0.1, 0.15) is 11.5 Å². The highest BCUT2D eigenvalue weighted by molar-refractivity contribution is 5.77. The molecule has 128 valence electrons. The van der Waals surface area contributed by atoms with E-state index in [0.29, 0.717) is 37.7 Å². The fraction of sp³-hybridized carbons (Fsp3) is 0.588. The van der Waals surface area contributed by atoms with Crippen LogP contribution in [-0.4, -0.2) is 50.6 Å². The summed E-state index contributed by atoms with van der Waals surface area (Å²) in [6.07, 6.45) is 1.93. The zero-order chi connectivity index (χ0) is 16.5. The van der Waals surface area contributed by atoms with Gasteiger partial charge < -0.3 is 24.6 Å². The summed E-state index contributed by atoms with van der Waals surface area (Å²) in [4.78, 5) is 11.8. The van der Waals surface area contributed by atoms with Crippen molar-refractivity contribution >= 4 is 5.91 Å². The van der Waals surface area contributed by atoms with E-state index in [1.807, 2.05) is 6.07 Å². The van der Waals surface area contributed by atoms with Crippen LogP contribution in [0.4, 0.5) is 0 Å². The molecular weight excluding hydrogens is 298 g/mol. The predicted octanol–water partition coefficient (Wildman–Crippen LogP) is 1.37. The number of aliphatic hydroxyl groups excluding tert-OH is 1. The van der Waals surface area contributed by atoms with Crippen molar-refractivity contribution < 1.29 is 24.1 Å². The monoisotopic (exact) mass is 323 g/mol. The fourth-order valence-corrected chi connectivity index (χ4v) is 2.59. The molecule has 0 spiro atoms. The number of ether oxygens (including phenoxy) is 3. The third kappa shape index (κ3) is 6.08. The van der Waals surface area contributed by atoms with Crippen molar-refractivity contribution in [1.29, 1.82) is 0 Å². The van der Waals surface area contributed by atoms with Gasteiger partial charge in [-0.2, -0.15) is 0 Å². The summed E-state index contributed by atoms with van der Waals surface area (Å²) < 4.78 is 15.8. The van der Waals surface area contributed by atoms with E-state index < -0.39 is 6.10 Å². The summed E-state index contributed by atoms with van der Waals surface area (Å²) in [6.45, 7) is 1.81. The first-order valence-electron chi connectivity index (χ1n) is 7.98. The van der Waals surface area contributed by atoms with E-state index in [1.165, 1.54) is 0 Å². The van der Waals surface area contributed by atoms with Gasteiger partial charge in [-0.3, -0.25) is 4.79 Å². The highest BCUT2D eigenvalue weighted by Crippen LogP contribution is 2.20. The number of aliphatic hydroxyl groups is 1. The second-order valence-electron chi connectivity index (χ2n) is 5.62.